The number of hydrogen-bond donors (Lipinski definition) is 0. The van der Waals surface area contributed by atoms with Crippen molar-refractivity contribution in [2.75, 3.05) is 4.90 Å². The van der Waals surface area contributed by atoms with Gasteiger partial charge < -0.3 is 0 Å². The minimum atomic E-state index is -1.03. The van der Waals surface area contributed by atoms with Crippen LogP contribution in [0.25, 0.3) is 0 Å². The number of hydrogen-bond acceptors (Lipinski definition) is 5. The number of nitro benzene ring substituents is 1. The molecule has 0 saturated carbocycles. The van der Waals surface area contributed by atoms with Crippen molar-refractivity contribution >= 4 is 35.1 Å². The molecule has 1 aliphatic heterocycles. The molecule has 196 valence electrons. The zero-order chi connectivity index (χ0) is 27.8. The number of carbonyl (C=O) groups excluding carboxylic acids is 2. The quantitative estimate of drug-likeness (QED) is 0.137. The number of aliphatic imine (C=N–C) groups is 1. The van der Waals surface area contributed by atoms with Crippen molar-refractivity contribution in [1.29, 1.82) is 0 Å². The largest absolute Gasteiger partial charge is 0.293 e. The Morgan fingerprint density at radius 3 is 2.12 bits per heavy atom. The van der Waals surface area contributed by atoms with E-state index in [-0.39, 0.29) is 17.3 Å². The molecule has 0 unspecified atom stereocenters. The van der Waals surface area contributed by atoms with Gasteiger partial charge in [0.15, 0.2) is 0 Å². The lowest BCUT2D eigenvalue weighted by Gasteiger charge is -2.52. The van der Waals surface area contributed by atoms with Crippen LogP contribution in [-0.2, 0) is 15.0 Å². The highest BCUT2D eigenvalue weighted by molar-refractivity contribution is 6.25. The lowest BCUT2D eigenvalue weighted by Crippen LogP contribution is -2.54. The number of imide groups is 1. The van der Waals surface area contributed by atoms with Crippen LogP contribution in [0.2, 0.25) is 0 Å². The smallest absolute Gasteiger partial charge is 0.274 e. The number of rotatable bonds is 4. The number of aryl methyl sites for hydroxylation is 1. The third-order valence-corrected chi connectivity index (χ3v) is 8.99. The SMILES string of the molecule is Cc1cccc(N=CC23c4ccccc4C(c4ccccc42)[C@@H]2C(=O)N(c4ccccc4[N+](=O)[O-])C(=O)[C@H]23)c1C. The van der Waals surface area contributed by atoms with E-state index in [1.807, 2.05) is 86.8 Å². The fourth-order valence-corrected chi connectivity index (χ4v) is 7.14. The van der Waals surface area contributed by atoms with Crippen LogP contribution in [0.5, 0.6) is 0 Å². The number of para-hydroxylation sites is 2. The molecule has 2 atom stereocenters. The van der Waals surface area contributed by atoms with E-state index in [0.717, 1.165) is 44.0 Å². The van der Waals surface area contributed by atoms with Gasteiger partial charge in [-0.1, -0.05) is 72.8 Å². The molecule has 0 aromatic heterocycles. The maximum atomic E-state index is 14.5. The number of carbonyl (C=O) groups is 2. The number of nitro groups is 1. The van der Waals surface area contributed by atoms with E-state index in [2.05, 4.69) is 0 Å². The van der Waals surface area contributed by atoms with Gasteiger partial charge in [0.05, 0.1) is 27.9 Å². The molecule has 4 aromatic carbocycles. The van der Waals surface area contributed by atoms with E-state index in [9.17, 15) is 19.7 Å². The minimum Gasteiger partial charge on any atom is -0.274 e. The van der Waals surface area contributed by atoms with E-state index in [1.54, 1.807) is 6.07 Å². The highest BCUT2D eigenvalue weighted by atomic mass is 16.6. The zero-order valence-electron chi connectivity index (χ0n) is 21.9. The van der Waals surface area contributed by atoms with Gasteiger partial charge in [-0.2, -0.15) is 0 Å². The van der Waals surface area contributed by atoms with Crippen molar-refractivity contribution in [3.8, 4) is 0 Å². The summed E-state index contributed by atoms with van der Waals surface area (Å²) in [4.78, 5) is 46.2. The summed E-state index contributed by atoms with van der Waals surface area (Å²) < 4.78 is 0. The van der Waals surface area contributed by atoms with E-state index in [1.165, 1.54) is 18.2 Å². The topological polar surface area (TPSA) is 92.9 Å². The molecule has 2 amide bonds. The minimum absolute atomic E-state index is 0.00558. The molecule has 2 bridgehead atoms. The first-order valence-electron chi connectivity index (χ1n) is 13.3. The number of nitrogens with zero attached hydrogens (tertiary/aromatic N) is 3. The first-order valence-corrected chi connectivity index (χ1v) is 13.3. The van der Waals surface area contributed by atoms with Crippen molar-refractivity contribution in [3.63, 3.8) is 0 Å². The third-order valence-electron chi connectivity index (χ3n) is 8.99. The predicted molar refractivity (Wildman–Crippen MR) is 152 cm³/mol. The molecule has 4 aromatic rings. The highest BCUT2D eigenvalue weighted by Gasteiger charge is 2.68. The van der Waals surface area contributed by atoms with Crippen LogP contribution < -0.4 is 4.90 Å². The average Bonchev–Trinajstić information content (AvgIpc) is 3.24. The zero-order valence-corrected chi connectivity index (χ0v) is 21.9. The summed E-state index contributed by atoms with van der Waals surface area (Å²) in [6, 6.07) is 27.8. The van der Waals surface area contributed by atoms with E-state index >= 15 is 0 Å². The monoisotopic (exact) mass is 527 g/mol. The second-order valence-electron chi connectivity index (χ2n) is 10.8. The van der Waals surface area contributed by atoms with Crippen molar-refractivity contribution in [1.82, 2.24) is 0 Å². The van der Waals surface area contributed by atoms with E-state index < -0.39 is 34.0 Å². The fraction of sp³-hybridized carbons (Fsp3) is 0.182. The molecule has 1 heterocycles. The molecule has 4 aliphatic rings. The predicted octanol–water partition coefficient (Wildman–Crippen LogP) is 6.16. The normalized spacial score (nSPS) is 24.2. The van der Waals surface area contributed by atoms with Crippen molar-refractivity contribution in [2.24, 2.45) is 16.8 Å². The van der Waals surface area contributed by atoms with Crippen molar-refractivity contribution in [2.45, 2.75) is 25.2 Å². The van der Waals surface area contributed by atoms with Crippen LogP contribution in [0.1, 0.15) is 39.3 Å². The Morgan fingerprint density at radius 2 is 1.45 bits per heavy atom. The molecule has 7 nitrogen and oxygen atoms in total. The molecular weight excluding hydrogens is 502 g/mol. The Bertz CT molecular complexity index is 1740. The third kappa shape index (κ3) is 3.03. The summed E-state index contributed by atoms with van der Waals surface area (Å²) in [6.45, 7) is 4.05. The lowest BCUT2D eigenvalue weighted by molar-refractivity contribution is -0.384. The molecule has 8 rings (SSSR count). The first-order chi connectivity index (χ1) is 19.4. The maximum Gasteiger partial charge on any atom is 0.293 e. The summed E-state index contributed by atoms with van der Waals surface area (Å²) in [6.07, 6.45) is 1.85. The molecule has 3 aliphatic carbocycles. The Morgan fingerprint density at radius 1 is 0.825 bits per heavy atom. The van der Waals surface area contributed by atoms with Gasteiger partial charge in [-0.15, -0.1) is 0 Å². The maximum absolute atomic E-state index is 14.5. The summed E-state index contributed by atoms with van der Waals surface area (Å²) in [7, 11) is 0. The second-order valence-corrected chi connectivity index (χ2v) is 10.8. The second kappa shape index (κ2) is 8.55. The summed E-state index contributed by atoms with van der Waals surface area (Å²) in [5.74, 6) is -2.73. The van der Waals surface area contributed by atoms with Crippen LogP contribution in [-0.4, -0.2) is 23.0 Å². The standard InChI is InChI=1S/C33H25N3O4/c1-19-10-9-15-25(20(19)2)34-18-33-23-13-5-3-11-21(23)28(22-12-4-6-14-24(22)33)29-30(33)32(38)35(31(29)37)26-16-7-8-17-27(26)36(39)40/h3-18,28-30H,1-2H3/t28?,29-,30-,33?/m0/s1. The summed E-state index contributed by atoms with van der Waals surface area (Å²) in [5, 5.41) is 11.9. The van der Waals surface area contributed by atoms with Crippen molar-refractivity contribution in [3.05, 3.63) is 134 Å². The number of anilines is 1. The van der Waals surface area contributed by atoms with Crippen LogP contribution in [0.3, 0.4) is 0 Å². The van der Waals surface area contributed by atoms with Crippen LogP contribution >= 0.6 is 0 Å². The van der Waals surface area contributed by atoms with Gasteiger partial charge in [-0.05, 0) is 59.4 Å². The molecule has 0 radical (unpaired) electrons. The van der Waals surface area contributed by atoms with Gasteiger partial charge in [0.25, 0.3) is 5.69 Å². The summed E-state index contributed by atoms with van der Waals surface area (Å²) >= 11 is 0. The Labute approximate surface area is 231 Å². The van der Waals surface area contributed by atoms with Gasteiger partial charge in [-0.3, -0.25) is 24.7 Å². The van der Waals surface area contributed by atoms with Crippen LogP contribution in [0.4, 0.5) is 17.1 Å². The van der Waals surface area contributed by atoms with Crippen LogP contribution in [0.15, 0.2) is 96.0 Å². The van der Waals surface area contributed by atoms with Gasteiger partial charge >= 0.3 is 0 Å². The molecule has 40 heavy (non-hydrogen) atoms. The van der Waals surface area contributed by atoms with Crippen LogP contribution in [0, 0.1) is 35.8 Å². The van der Waals surface area contributed by atoms with E-state index in [4.69, 9.17) is 4.99 Å². The Hall–Kier alpha value is -4.91. The van der Waals surface area contributed by atoms with Gasteiger partial charge in [0.1, 0.15) is 5.69 Å². The molecule has 0 N–H and O–H groups in total. The molecule has 7 heteroatoms. The first kappa shape index (κ1) is 24.2. The Kier molecular flexibility index (Phi) is 5.16. The number of amides is 2. The summed E-state index contributed by atoms with van der Waals surface area (Å²) in [5.41, 5.74) is 5.49. The molecule has 1 saturated heterocycles. The lowest BCUT2D eigenvalue weighted by atomic mass is 9.47. The highest BCUT2D eigenvalue weighted by Crippen LogP contribution is 2.64. The average molecular weight is 528 g/mol. The van der Waals surface area contributed by atoms with Crippen molar-refractivity contribution < 1.29 is 14.5 Å². The molecule has 0 spiro atoms. The Balaban J connectivity index is 1.52. The van der Waals surface area contributed by atoms with Gasteiger partial charge in [0, 0.05) is 18.2 Å². The van der Waals surface area contributed by atoms with E-state index in [0.29, 0.717) is 0 Å². The fourth-order valence-electron chi connectivity index (χ4n) is 7.14. The molecular formula is C33H25N3O4. The number of benzene rings is 4. The van der Waals surface area contributed by atoms with Gasteiger partial charge in [0.2, 0.25) is 11.8 Å². The molecule has 1 fully saturated rings. The van der Waals surface area contributed by atoms with Gasteiger partial charge in [-0.25, -0.2) is 4.90 Å².